The largest absolute Gasteiger partial charge is 0.370 e. The Balaban J connectivity index is 3.97. The lowest BCUT2D eigenvalue weighted by Crippen LogP contribution is -2.28. The van der Waals surface area contributed by atoms with Gasteiger partial charge in [0.1, 0.15) is 6.10 Å². The Morgan fingerprint density at radius 2 is 2.00 bits per heavy atom. The van der Waals surface area contributed by atoms with Crippen molar-refractivity contribution in [2.45, 2.75) is 40.2 Å². The molecule has 0 rings (SSSR count). The van der Waals surface area contributed by atoms with Crippen LogP contribution in [0.15, 0.2) is 0 Å². The van der Waals surface area contributed by atoms with Crippen LogP contribution in [0.5, 0.6) is 0 Å². The van der Waals surface area contributed by atoms with Crippen LogP contribution in [0.3, 0.4) is 0 Å². The molecule has 0 heterocycles. The average molecular weight is 158 g/mol. The molecule has 2 atom stereocenters. The van der Waals surface area contributed by atoms with E-state index in [9.17, 15) is 4.79 Å². The minimum absolute atomic E-state index is 0.140. The van der Waals surface area contributed by atoms with Crippen molar-refractivity contribution in [3.63, 3.8) is 0 Å². The molecule has 2 heteroatoms. The Hall–Kier alpha value is -0.370. The zero-order valence-electron chi connectivity index (χ0n) is 7.89. The van der Waals surface area contributed by atoms with E-state index < -0.39 is 0 Å². The van der Waals surface area contributed by atoms with Gasteiger partial charge in [-0.05, 0) is 19.8 Å². The van der Waals surface area contributed by atoms with E-state index in [1.54, 1.807) is 6.92 Å². The number of rotatable bonds is 5. The molecule has 0 amide bonds. The van der Waals surface area contributed by atoms with E-state index in [2.05, 4.69) is 6.92 Å². The third-order valence-corrected chi connectivity index (χ3v) is 1.91. The second-order valence-corrected chi connectivity index (χ2v) is 2.87. The zero-order valence-corrected chi connectivity index (χ0v) is 7.89. The summed E-state index contributed by atoms with van der Waals surface area (Å²) in [5.41, 5.74) is 0. The Bertz CT molecular complexity index is 121. The molecule has 0 aliphatic rings. The lowest BCUT2D eigenvalue weighted by atomic mass is 9.99. The van der Waals surface area contributed by atoms with Gasteiger partial charge in [0.25, 0.3) is 0 Å². The average Bonchev–Trinajstić information content (AvgIpc) is 1.98. The summed E-state index contributed by atoms with van der Waals surface area (Å²) in [6.45, 7) is 8.24. The van der Waals surface area contributed by atoms with E-state index in [4.69, 9.17) is 4.74 Å². The highest BCUT2D eigenvalue weighted by Gasteiger charge is 2.19. The Morgan fingerprint density at radius 1 is 1.45 bits per heavy atom. The van der Waals surface area contributed by atoms with Crippen LogP contribution in [-0.4, -0.2) is 18.5 Å². The first-order valence-electron chi connectivity index (χ1n) is 4.25. The number of ketones is 1. The van der Waals surface area contributed by atoms with Crippen LogP contribution >= 0.6 is 0 Å². The summed E-state index contributed by atoms with van der Waals surface area (Å²) in [5, 5.41) is 0. The van der Waals surface area contributed by atoms with Crippen LogP contribution in [0.4, 0.5) is 0 Å². The fourth-order valence-corrected chi connectivity index (χ4v) is 1.08. The van der Waals surface area contributed by atoms with Crippen molar-refractivity contribution in [2.24, 2.45) is 5.92 Å². The number of carbonyl (C=O) groups excluding carboxylic acids is 1. The first-order chi connectivity index (χ1) is 5.13. The quantitative estimate of drug-likeness (QED) is 0.612. The van der Waals surface area contributed by atoms with E-state index in [1.165, 1.54) is 0 Å². The molecule has 0 aromatic heterocycles. The summed E-state index contributed by atoms with van der Waals surface area (Å²) >= 11 is 0. The van der Waals surface area contributed by atoms with Crippen molar-refractivity contribution < 1.29 is 9.53 Å². The lowest BCUT2D eigenvalue weighted by Gasteiger charge is -2.19. The highest BCUT2D eigenvalue weighted by atomic mass is 16.5. The van der Waals surface area contributed by atoms with E-state index in [0.29, 0.717) is 12.5 Å². The summed E-state index contributed by atoms with van der Waals surface area (Å²) < 4.78 is 5.31. The van der Waals surface area contributed by atoms with Crippen LogP contribution in [0.2, 0.25) is 0 Å². The summed E-state index contributed by atoms with van der Waals surface area (Å²) in [4.78, 5) is 11.0. The lowest BCUT2D eigenvalue weighted by molar-refractivity contribution is -0.131. The smallest absolute Gasteiger partial charge is 0.158 e. The molecule has 2 unspecified atom stereocenters. The Kier molecular flexibility index (Phi) is 5.12. The maximum atomic E-state index is 11.0. The SMILES string of the molecule is CCOC(C(C)=O)C(C)CC. The van der Waals surface area contributed by atoms with Crippen molar-refractivity contribution in [2.75, 3.05) is 6.61 Å². The Labute approximate surface area is 68.9 Å². The third kappa shape index (κ3) is 3.51. The second-order valence-electron chi connectivity index (χ2n) is 2.87. The van der Waals surface area contributed by atoms with Crippen molar-refractivity contribution in [3.8, 4) is 0 Å². The molecule has 0 fully saturated rings. The molecule has 0 aromatic carbocycles. The molecule has 0 aliphatic carbocycles. The highest BCUT2D eigenvalue weighted by Crippen LogP contribution is 2.11. The monoisotopic (exact) mass is 158 g/mol. The van der Waals surface area contributed by atoms with Crippen LogP contribution in [0.1, 0.15) is 34.1 Å². The number of hydrogen-bond acceptors (Lipinski definition) is 2. The standard InChI is InChI=1S/C9H18O2/c1-5-7(3)9(8(4)10)11-6-2/h7,9H,5-6H2,1-4H3. The van der Waals surface area contributed by atoms with Gasteiger partial charge < -0.3 is 4.74 Å². The minimum Gasteiger partial charge on any atom is -0.370 e. The minimum atomic E-state index is -0.190. The van der Waals surface area contributed by atoms with E-state index in [0.717, 1.165) is 6.42 Å². The highest BCUT2D eigenvalue weighted by molar-refractivity contribution is 5.80. The van der Waals surface area contributed by atoms with Gasteiger partial charge in [0.15, 0.2) is 5.78 Å². The predicted octanol–water partition coefficient (Wildman–Crippen LogP) is 2.03. The van der Waals surface area contributed by atoms with Gasteiger partial charge in [-0.1, -0.05) is 20.3 Å². The van der Waals surface area contributed by atoms with Gasteiger partial charge in [-0.2, -0.15) is 0 Å². The first-order valence-corrected chi connectivity index (χ1v) is 4.25. The van der Waals surface area contributed by atoms with E-state index >= 15 is 0 Å². The maximum Gasteiger partial charge on any atom is 0.158 e. The van der Waals surface area contributed by atoms with Gasteiger partial charge in [0, 0.05) is 6.61 Å². The number of ether oxygens (including phenoxy) is 1. The Morgan fingerprint density at radius 3 is 2.27 bits per heavy atom. The summed E-state index contributed by atoms with van der Waals surface area (Å²) in [7, 11) is 0. The van der Waals surface area contributed by atoms with Gasteiger partial charge >= 0.3 is 0 Å². The molecule has 11 heavy (non-hydrogen) atoms. The van der Waals surface area contributed by atoms with Crippen LogP contribution in [-0.2, 0) is 9.53 Å². The molecule has 0 saturated carbocycles. The topological polar surface area (TPSA) is 26.3 Å². The fourth-order valence-electron chi connectivity index (χ4n) is 1.08. The van der Waals surface area contributed by atoms with Crippen LogP contribution in [0.25, 0.3) is 0 Å². The molecule has 66 valence electrons. The molecule has 2 nitrogen and oxygen atoms in total. The summed E-state index contributed by atoms with van der Waals surface area (Å²) in [6, 6.07) is 0. The predicted molar refractivity (Wildman–Crippen MR) is 45.6 cm³/mol. The number of carbonyl (C=O) groups is 1. The van der Waals surface area contributed by atoms with Crippen LogP contribution < -0.4 is 0 Å². The summed E-state index contributed by atoms with van der Waals surface area (Å²) in [6.07, 6.45) is 0.801. The molecule has 0 bridgehead atoms. The van der Waals surface area contributed by atoms with Gasteiger partial charge in [-0.3, -0.25) is 4.79 Å². The normalized spacial score (nSPS) is 16.0. The maximum absolute atomic E-state index is 11.0. The molecular formula is C9H18O2. The molecule has 0 radical (unpaired) electrons. The van der Waals surface area contributed by atoms with Gasteiger partial charge in [0.05, 0.1) is 0 Å². The first kappa shape index (κ1) is 10.6. The molecule has 0 spiro atoms. The fraction of sp³-hybridized carbons (Fsp3) is 0.889. The van der Waals surface area contributed by atoms with Crippen LogP contribution in [0, 0.1) is 5.92 Å². The zero-order chi connectivity index (χ0) is 8.85. The molecule has 0 saturated heterocycles. The number of hydrogen-bond donors (Lipinski definition) is 0. The van der Waals surface area contributed by atoms with Crippen molar-refractivity contribution >= 4 is 5.78 Å². The molecule has 0 N–H and O–H groups in total. The summed E-state index contributed by atoms with van der Waals surface area (Å²) in [5.74, 6) is 0.480. The number of Topliss-reactive ketones (excluding diaryl/α,β-unsaturated/α-hetero) is 1. The molecule has 0 aromatic rings. The molecule has 0 aliphatic heterocycles. The third-order valence-electron chi connectivity index (χ3n) is 1.91. The van der Waals surface area contributed by atoms with Crippen molar-refractivity contribution in [3.05, 3.63) is 0 Å². The second kappa shape index (κ2) is 5.30. The molecular weight excluding hydrogens is 140 g/mol. The van der Waals surface area contributed by atoms with Gasteiger partial charge in [0.2, 0.25) is 0 Å². The van der Waals surface area contributed by atoms with Crippen molar-refractivity contribution in [1.29, 1.82) is 0 Å². The van der Waals surface area contributed by atoms with Gasteiger partial charge in [-0.15, -0.1) is 0 Å². The van der Waals surface area contributed by atoms with Gasteiger partial charge in [-0.25, -0.2) is 0 Å². The van der Waals surface area contributed by atoms with E-state index in [1.807, 2.05) is 13.8 Å². The van der Waals surface area contributed by atoms with E-state index in [-0.39, 0.29) is 11.9 Å². The van der Waals surface area contributed by atoms with Crippen molar-refractivity contribution in [1.82, 2.24) is 0 Å².